The number of hydrogen-bond acceptors (Lipinski definition) is 4. The Kier molecular flexibility index (Phi) is 7.36. The molecule has 190 valence electrons. The normalized spacial score (nSPS) is 18.5. The summed E-state index contributed by atoms with van der Waals surface area (Å²) in [6.07, 6.45) is -3.52. The molecule has 1 saturated heterocycles. The van der Waals surface area contributed by atoms with Gasteiger partial charge in [0.25, 0.3) is 6.43 Å². The zero-order chi connectivity index (χ0) is 26.0. The number of alkyl halides is 3. The number of sulfonamides is 1. The molecular formula is C24H20F5N3O3S. The van der Waals surface area contributed by atoms with Crippen LogP contribution in [0.3, 0.4) is 0 Å². The standard InChI is InChI=1S/C24H20F5N3O3S/c25-17-2-4-20(5-3-17)36(34,35)32-13-19(27)10-22(32)24(33)31-11-14-7-16(9-18(26)8-14)15-1-6-21(23(28)29)30-12-15/h1-9,12,19,22-23H,10-11,13H2,(H,31,33). The van der Waals surface area contributed by atoms with Crippen LogP contribution in [0, 0.1) is 11.6 Å². The van der Waals surface area contributed by atoms with E-state index in [9.17, 15) is 35.2 Å². The second-order valence-corrected chi connectivity index (χ2v) is 10.1. The van der Waals surface area contributed by atoms with E-state index in [2.05, 4.69) is 10.3 Å². The number of pyridine rings is 1. The molecule has 1 fully saturated rings. The Morgan fingerprint density at radius 3 is 2.39 bits per heavy atom. The van der Waals surface area contributed by atoms with Gasteiger partial charge in [-0.3, -0.25) is 9.78 Å². The van der Waals surface area contributed by atoms with Gasteiger partial charge < -0.3 is 5.32 Å². The SMILES string of the molecule is O=C(NCc1cc(F)cc(-c2ccc(C(F)F)nc2)c1)C1CC(F)CN1S(=O)(=O)c1ccc(F)cc1. The highest BCUT2D eigenvalue weighted by atomic mass is 32.2. The summed E-state index contributed by atoms with van der Waals surface area (Å²) in [5.41, 5.74) is 0.585. The lowest BCUT2D eigenvalue weighted by atomic mass is 10.0. The fourth-order valence-electron chi connectivity index (χ4n) is 3.93. The van der Waals surface area contributed by atoms with Gasteiger partial charge in [-0.05, 0) is 59.7 Å². The van der Waals surface area contributed by atoms with Crippen LogP contribution in [0.25, 0.3) is 11.1 Å². The summed E-state index contributed by atoms with van der Waals surface area (Å²) in [6, 6.07) is 8.92. The van der Waals surface area contributed by atoms with Gasteiger partial charge in [-0.1, -0.05) is 6.07 Å². The zero-order valence-electron chi connectivity index (χ0n) is 18.5. The van der Waals surface area contributed by atoms with Crippen LogP contribution in [0.4, 0.5) is 22.0 Å². The lowest BCUT2D eigenvalue weighted by Gasteiger charge is -2.23. The first-order valence-corrected chi connectivity index (χ1v) is 12.2. The van der Waals surface area contributed by atoms with E-state index < -0.39 is 58.4 Å². The summed E-state index contributed by atoms with van der Waals surface area (Å²) in [6.45, 7) is -0.743. The lowest BCUT2D eigenvalue weighted by Crippen LogP contribution is -2.45. The lowest BCUT2D eigenvalue weighted by molar-refractivity contribution is -0.124. The number of halogens is 5. The van der Waals surface area contributed by atoms with Crippen molar-refractivity contribution < 1.29 is 35.2 Å². The van der Waals surface area contributed by atoms with Gasteiger partial charge >= 0.3 is 0 Å². The molecule has 0 bridgehead atoms. The van der Waals surface area contributed by atoms with Crippen molar-refractivity contribution in [3.05, 3.63) is 83.7 Å². The van der Waals surface area contributed by atoms with E-state index in [0.29, 0.717) is 16.7 Å². The number of nitrogens with zero attached hydrogens (tertiary/aromatic N) is 2. The van der Waals surface area contributed by atoms with E-state index in [4.69, 9.17) is 0 Å². The number of carbonyl (C=O) groups is 1. The van der Waals surface area contributed by atoms with Crippen molar-refractivity contribution in [3.63, 3.8) is 0 Å². The Morgan fingerprint density at radius 2 is 1.75 bits per heavy atom. The predicted molar refractivity (Wildman–Crippen MR) is 120 cm³/mol. The minimum atomic E-state index is -4.28. The van der Waals surface area contributed by atoms with Crippen LogP contribution >= 0.6 is 0 Å². The number of nitrogens with one attached hydrogen (secondary N) is 1. The third kappa shape index (κ3) is 5.54. The Hall–Kier alpha value is -3.38. The average Bonchev–Trinajstić information content (AvgIpc) is 3.25. The number of carbonyl (C=O) groups excluding carboxylic acids is 1. The number of rotatable bonds is 7. The van der Waals surface area contributed by atoms with E-state index in [0.717, 1.165) is 40.7 Å². The molecule has 2 unspecified atom stereocenters. The zero-order valence-corrected chi connectivity index (χ0v) is 19.4. The first-order chi connectivity index (χ1) is 17.0. The second kappa shape index (κ2) is 10.3. The molecule has 2 atom stereocenters. The van der Waals surface area contributed by atoms with Crippen molar-refractivity contribution in [1.82, 2.24) is 14.6 Å². The number of aromatic nitrogens is 1. The molecule has 1 aliphatic rings. The fraction of sp³-hybridized carbons (Fsp3) is 0.250. The van der Waals surface area contributed by atoms with Crippen molar-refractivity contribution in [2.45, 2.75) is 36.5 Å². The molecule has 1 aliphatic heterocycles. The topological polar surface area (TPSA) is 79.4 Å². The van der Waals surface area contributed by atoms with E-state index in [1.807, 2.05) is 0 Å². The molecule has 1 amide bonds. The van der Waals surface area contributed by atoms with E-state index in [1.54, 1.807) is 0 Å². The van der Waals surface area contributed by atoms with Gasteiger partial charge in [0.2, 0.25) is 15.9 Å². The summed E-state index contributed by atoms with van der Waals surface area (Å²) in [4.78, 5) is 16.2. The number of benzene rings is 2. The molecule has 6 nitrogen and oxygen atoms in total. The Balaban J connectivity index is 1.50. The maximum absolute atomic E-state index is 14.2. The van der Waals surface area contributed by atoms with Crippen molar-refractivity contribution >= 4 is 15.9 Å². The first kappa shape index (κ1) is 25.7. The monoisotopic (exact) mass is 525 g/mol. The number of amides is 1. The molecule has 1 N–H and O–H groups in total. The van der Waals surface area contributed by atoms with Crippen LogP contribution < -0.4 is 5.32 Å². The Morgan fingerprint density at radius 1 is 1.03 bits per heavy atom. The molecule has 36 heavy (non-hydrogen) atoms. The van der Waals surface area contributed by atoms with Crippen molar-refractivity contribution in [1.29, 1.82) is 0 Å². The summed E-state index contributed by atoms with van der Waals surface area (Å²) < 4.78 is 93.7. The average molecular weight is 525 g/mol. The molecule has 0 saturated carbocycles. The van der Waals surface area contributed by atoms with Crippen LogP contribution in [0.5, 0.6) is 0 Å². The molecule has 0 aliphatic carbocycles. The van der Waals surface area contributed by atoms with E-state index >= 15 is 0 Å². The van der Waals surface area contributed by atoms with Gasteiger partial charge in [0.05, 0.1) is 4.90 Å². The molecule has 4 rings (SSSR count). The molecular weight excluding hydrogens is 505 g/mol. The van der Waals surface area contributed by atoms with Crippen LogP contribution in [0.2, 0.25) is 0 Å². The van der Waals surface area contributed by atoms with E-state index in [-0.39, 0.29) is 17.9 Å². The highest BCUT2D eigenvalue weighted by molar-refractivity contribution is 7.89. The minimum Gasteiger partial charge on any atom is -0.351 e. The summed E-state index contributed by atoms with van der Waals surface area (Å²) in [7, 11) is -4.28. The van der Waals surface area contributed by atoms with Crippen molar-refractivity contribution in [3.8, 4) is 11.1 Å². The Labute approximate surface area is 203 Å². The van der Waals surface area contributed by atoms with Crippen LogP contribution in [-0.4, -0.2) is 42.4 Å². The third-order valence-electron chi connectivity index (χ3n) is 5.70. The molecule has 12 heteroatoms. The number of hydrogen-bond donors (Lipinski definition) is 1. The molecule has 2 aromatic carbocycles. The van der Waals surface area contributed by atoms with Crippen molar-refractivity contribution in [2.75, 3.05) is 6.54 Å². The van der Waals surface area contributed by atoms with Crippen LogP contribution in [0.15, 0.2) is 65.7 Å². The van der Waals surface area contributed by atoms with Gasteiger partial charge in [0.1, 0.15) is 29.5 Å². The second-order valence-electron chi connectivity index (χ2n) is 8.22. The quantitative estimate of drug-likeness (QED) is 0.465. The van der Waals surface area contributed by atoms with Gasteiger partial charge in [-0.2, -0.15) is 4.31 Å². The van der Waals surface area contributed by atoms with Gasteiger partial charge in [-0.25, -0.2) is 30.4 Å². The van der Waals surface area contributed by atoms with Gasteiger partial charge in [0.15, 0.2) is 0 Å². The molecule has 0 radical (unpaired) electrons. The van der Waals surface area contributed by atoms with Crippen molar-refractivity contribution in [2.24, 2.45) is 0 Å². The molecule has 2 heterocycles. The summed E-state index contributed by atoms with van der Waals surface area (Å²) in [5.74, 6) is -2.09. The third-order valence-corrected chi connectivity index (χ3v) is 7.58. The smallest absolute Gasteiger partial charge is 0.280 e. The molecule has 1 aromatic heterocycles. The minimum absolute atomic E-state index is 0.204. The van der Waals surface area contributed by atoms with Gasteiger partial charge in [-0.15, -0.1) is 0 Å². The highest BCUT2D eigenvalue weighted by Crippen LogP contribution is 2.29. The fourth-order valence-corrected chi connectivity index (χ4v) is 5.56. The van der Waals surface area contributed by atoms with Crippen LogP contribution in [0.1, 0.15) is 24.1 Å². The van der Waals surface area contributed by atoms with Crippen LogP contribution in [-0.2, 0) is 21.4 Å². The van der Waals surface area contributed by atoms with E-state index in [1.165, 1.54) is 24.4 Å². The molecule has 3 aromatic rings. The maximum atomic E-state index is 14.2. The highest BCUT2D eigenvalue weighted by Gasteiger charge is 2.44. The predicted octanol–water partition coefficient (Wildman–Crippen LogP) is 4.38. The Bertz CT molecular complexity index is 1350. The summed E-state index contributed by atoms with van der Waals surface area (Å²) >= 11 is 0. The first-order valence-electron chi connectivity index (χ1n) is 10.8. The largest absolute Gasteiger partial charge is 0.351 e. The summed E-state index contributed by atoms with van der Waals surface area (Å²) in [5, 5.41) is 2.50. The van der Waals surface area contributed by atoms with Gasteiger partial charge in [0, 0.05) is 31.3 Å². The molecule has 0 spiro atoms. The maximum Gasteiger partial charge on any atom is 0.280 e.